The van der Waals surface area contributed by atoms with Crippen LogP contribution in [0.1, 0.15) is 41.6 Å². The van der Waals surface area contributed by atoms with Crippen LogP contribution in [0.25, 0.3) is 0 Å². The summed E-state index contributed by atoms with van der Waals surface area (Å²) in [5, 5.41) is 0. The van der Waals surface area contributed by atoms with E-state index in [1.54, 1.807) is 0 Å². The molecule has 2 aromatic carbocycles. The lowest BCUT2D eigenvalue weighted by atomic mass is 9.84. The van der Waals surface area contributed by atoms with Gasteiger partial charge in [-0.15, -0.1) is 0 Å². The SMILES string of the molecule is O=C(c1cccc(OC(F)(F)C(F)F)c1)C1CC2CCC(C1)N2Cc1ccccc1. The molecule has 2 atom stereocenters. The van der Waals surface area contributed by atoms with Gasteiger partial charge in [-0.05, 0) is 43.4 Å². The van der Waals surface area contributed by atoms with Crippen LogP contribution in [0.4, 0.5) is 17.6 Å². The minimum Gasteiger partial charge on any atom is -0.428 e. The van der Waals surface area contributed by atoms with E-state index < -0.39 is 18.3 Å². The molecule has 0 N–H and O–H groups in total. The van der Waals surface area contributed by atoms with Crippen molar-refractivity contribution in [2.45, 2.75) is 56.8 Å². The highest BCUT2D eigenvalue weighted by Crippen LogP contribution is 2.41. The Bertz CT molecular complexity index is 876. The van der Waals surface area contributed by atoms with Crippen LogP contribution in [0.5, 0.6) is 5.75 Å². The normalized spacial score (nSPS) is 24.2. The minimum absolute atomic E-state index is 0.142. The maximum absolute atomic E-state index is 13.2. The molecule has 0 spiro atoms. The van der Waals surface area contributed by atoms with Crippen LogP contribution in [0.15, 0.2) is 54.6 Å². The minimum atomic E-state index is -4.59. The van der Waals surface area contributed by atoms with Crippen molar-refractivity contribution < 1.29 is 27.1 Å². The second-order valence-electron chi connectivity index (χ2n) is 8.07. The predicted octanol–water partition coefficient (Wildman–Crippen LogP) is 5.55. The van der Waals surface area contributed by atoms with E-state index in [-0.39, 0.29) is 17.3 Å². The summed E-state index contributed by atoms with van der Waals surface area (Å²) in [5.74, 6) is -0.784. The van der Waals surface area contributed by atoms with Crippen molar-refractivity contribution in [3.05, 3.63) is 65.7 Å². The topological polar surface area (TPSA) is 29.5 Å². The quantitative estimate of drug-likeness (QED) is 0.434. The Balaban J connectivity index is 1.44. The number of hydrogen-bond acceptors (Lipinski definition) is 3. The van der Waals surface area contributed by atoms with Crippen LogP contribution in [-0.4, -0.2) is 35.3 Å². The van der Waals surface area contributed by atoms with Crippen molar-refractivity contribution in [3.8, 4) is 5.75 Å². The molecular formula is C23H23F4NO2. The second kappa shape index (κ2) is 8.38. The highest BCUT2D eigenvalue weighted by Gasteiger charge is 2.45. The van der Waals surface area contributed by atoms with Crippen LogP contribution >= 0.6 is 0 Å². The molecular weight excluding hydrogens is 398 g/mol. The molecule has 2 fully saturated rings. The molecule has 0 saturated carbocycles. The van der Waals surface area contributed by atoms with Crippen molar-refractivity contribution >= 4 is 5.78 Å². The van der Waals surface area contributed by atoms with Gasteiger partial charge in [0.2, 0.25) is 0 Å². The zero-order valence-corrected chi connectivity index (χ0v) is 16.3. The van der Waals surface area contributed by atoms with Gasteiger partial charge in [0.25, 0.3) is 0 Å². The lowest BCUT2D eigenvalue weighted by Gasteiger charge is -2.38. The van der Waals surface area contributed by atoms with Crippen LogP contribution in [-0.2, 0) is 6.54 Å². The molecule has 2 aliphatic heterocycles. The Morgan fingerprint density at radius 1 is 1.03 bits per heavy atom. The second-order valence-corrected chi connectivity index (χ2v) is 8.07. The van der Waals surface area contributed by atoms with Crippen LogP contribution < -0.4 is 4.74 Å². The van der Waals surface area contributed by atoms with Crippen molar-refractivity contribution in [3.63, 3.8) is 0 Å². The number of Topliss-reactive ketones (excluding diaryl/α,β-unsaturated/α-hetero) is 1. The Labute approximate surface area is 172 Å². The van der Waals surface area contributed by atoms with E-state index in [0.717, 1.165) is 31.5 Å². The van der Waals surface area contributed by atoms with Gasteiger partial charge in [0.15, 0.2) is 5.78 Å². The van der Waals surface area contributed by atoms with Crippen LogP contribution in [0.2, 0.25) is 0 Å². The van der Waals surface area contributed by atoms with Gasteiger partial charge in [0.1, 0.15) is 5.75 Å². The zero-order chi connectivity index (χ0) is 21.3. The number of carbonyl (C=O) groups is 1. The number of piperidine rings is 1. The largest absolute Gasteiger partial charge is 0.461 e. The van der Waals surface area contributed by atoms with Crippen molar-refractivity contribution in [2.24, 2.45) is 5.92 Å². The fourth-order valence-corrected chi connectivity index (χ4v) is 4.69. The third-order valence-electron chi connectivity index (χ3n) is 6.09. The fourth-order valence-electron chi connectivity index (χ4n) is 4.69. The molecule has 0 amide bonds. The molecule has 2 aliphatic rings. The Morgan fingerprint density at radius 2 is 1.70 bits per heavy atom. The number of nitrogens with zero attached hydrogens (tertiary/aromatic N) is 1. The zero-order valence-electron chi connectivity index (χ0n) is 16.3. The van der Waals surface area contributed by atoms with Crippen molar-refractivity contribution in [1.29, 1.82) is 0 Å². The van der Waals surface area contributed by atoms with Crippen LogP contribution in [0, 0.1) is 5.92 Å². The molecule has 2 unspecified atom stereocenters. The highest BCUT2D eigenvalue weighted by molar-refractivity contribution is 5.98. The molecule has 2 saturated heterocycles. The summed E-state index contributed by atoms with van der Waals surface area (Å²) in [4.78, 5) is 15.5. The first-order chi connectivity index (χ1) is 14.3. The Morgan fingerprint density at radius 3 is 2.33 bits per heavy atom. The third kappa shape index (κ3) is 4.36. The summed E-state index contributed by atoms with van der Waals surface area (Å²) in [6.45, 7) is 0.850. The van der Waals surface area contributed by atoms with Gasteiger partial charge in [-0.2, -0.15) is 17.6 Å². The summed E-state index contributed by atoms with van der Waals surface area (Å²) < 4.78 is 55.3. The molecule has 4 rings (SSSR count). The van der Waals surface area contributed by atoms with Crippen LogP contribution in [0.3, 0.4) is 0 Å². The number of hydrogen-bond donors (Lipinski definition) is 0. The highest BCUT2D eigenvalue weighted by atomic mass is 19.3. The van der Waals surface area contributed by atoms with E-state index in [1.807, 2.05) is 18.2 Å². The summed E-state index contributed by atoms with van der Waals surface area (Å²) in [6.07, 6.45) is -5.05. The van der Waals surface area contributed by atoms with Gasteiger partial charge >= 0.3 is 12.5 Å². The standard InChI is InChI=1S/C23H23F4NO2/c24-22(25)23(26,27)30-20-8-4-7-16(13-20)21(29)17-11-18-9-10-19(12-17)28(18)14-15-5-2-1-3-6-15/h1-8,13,17-19,22H,9-12,14H2. The molecule has 2 heterocycles. The summed E-state index contributed by atoms with van der Waals surface area (Å²) >= 11 is 0. The molecule has 3 nitrogen and oxygen atoms in total. The molecule has 2 aromatic rings. The van der Waals surface area contributed by atoms with E-state index >= 15 is 0 Å². The number of halogens is 4. The lowest BCUT2D eigenvalue weighted by Crippen LogP contribution is -2.44. The maximum atomic E-state index is 13.2. The first-order valence-corrected chi connectivity index (χ1v) is 10.1. The molecule has 7 heteroatoms. The fraction of sp³-hybridized carbons (Fsp3) is 0.435. The number of ketones is 1. The number of alkyl halides is 4. The average Bonchev–Trinajstić information content (AvgIpc) is 2.95. The van der Waals surface area contributed by atoms with E-state index in [0.29, 0.717) is 24.9 Å². The average molecular weight is 421 g/mol. The molecule has 0 radical (unpaired) electrons. The molecule has 0 aliphatic carbocycles. The smallest absolute Gasteiger partial charge is 0.428 e. The summed E-state index contributed by atoms with van der Waals surface area (Å²) in [6, 6.07) is 16.0. The van der Waals surface area contributed by atoms with E-state index in [1.165, 1.54) is 17.7 Å². The summed E-state index contributed by atoms with van der Waals surface area (Å²) in [5.41, 5.74) is 1.46. The Hall–Kier alpha value is -2.41. The first-order valence-electron chi connectivity index (χ1n) is 10.1. The van der Waals surface area contributed by atoms with E-state index in [4.69, 9.17) is 0 Å². The molecule has 160 valence electrons. The van der Waals surface area contributed by atoms with Gasteiger partial charge in [-0.3, -0.25) is 9.69 Å². The maximum Gasteiger partial charge on any atom is 0.461 e. The van der Waals surface area contributed by atoms with Gasteiger partial charge in [-0.25, -0.2) is 0 Å². The van der Waals surface area contributed by atoms with Gasteiger partial charge < -0.3 is 4.74 Å². The number of fused-ring (bicyclic) bond motifs is 2. The lowest BCUT2D eigenvalue weighted by molar-refractivity contribution is -0.253. The summed E-state index contributed by atoms with van der Waals surface area (Å²) in [7, 11) is 0. The molecule has 0 aromatic heterocycles. The monoisotopic (exact) mass is 421 g/mol. The number of benzene rings is 2. The van der Waals surface area contributed by atoms with Crippen molar-refractivity contribution in [2.75, 3.05) is 0 Å². The van der Waals surface area contributed by atoms with Gasteiger partial charge in [0, 0.05) is 30.1 Å². The molecule has 2 bridgehead atoms. The number of ether oxygens (including phenoxy) is 1. The molecule has 30 heavy (non-hydrogen) atoms. The first kappa shape index (κ1) is 20.8. The van der Waals surface area contributed by atoms with E-state index in [2.05, 4.69) is 21.8 Å². The van der Waals surface area contributed by atoms with Gasteiger partial charge in [0.05, 0.1) is 0 Å². The van der Waals surface area contributed by atoms with E-state index in [9.17, 15) is 22.4 Å². The number of carbonyl (C=O) groups excluding carboxylic acids is 1. The Kier molecular flexibility index (Phi) is 5.82. The van der Waals surface area contributed by atoms with Gasteiger partial charge in [-0.1, -0.05) is 42.5 Å². The third-order valence-corrected chi connectivity index (χ3v) is 6.09. The number of rotatable bonds is 7. The predicted molar refractivity (Wildman–Crippen MR) is 104 cm³/mol. The van der Waals surface area contributed by atoms with Crippen molar-refractivity contribution in [1.82, 2.24) is 4.90 Å².